The number of rotatable bonds is 4. The SMILES string of the molecule is Cc1ccnc(Nc2cc(C3CCNCC3)nc(N3CCCC3C)n2)c1. The Hall–Kier alpha value is -2.21. The molecule has 0 aliphatic carbocycles. The van der Waals surface area contributed by atoms with Gasteiger partial charge in [0.25, 0.3) is 0 Å². The standard InChI is InChI=1S/C20H28N6/c1-14-5-10-22-18(12-14)24-19-13-17(16-6-8-21-9-7-16)23-20(25-19)26-11-3-4-15(26)2/h5,10,12-13,15-16,21H,3-4,6-9,11H2,1-2H3,(H,22,23,24,25). The van der Waals surface area contributed by atoms with Crippen molar-refractivity contribution in [3.05, 3.63) is 35.7 Å². The average Bonchev–Trinajstić information content (AvgIpc) is 3.08. The topological polar surface area (TPSA) is 66.0 Å². The molecule has 0 saturated carbocycles. The number of anilines is 3. The Kier molecular flexibility index (Phi) is 5.02. The first-order valence-electron chi connectivity index (χ1n) is 9.75. The predicted octanol–water partition coefficient (Wildman–Crippen LogP) is 3.38. The van der Waals surface area contributed by atoms with E-state index in [4.69, 9.17) is 9.97 Å². The van der Waals surface area contributed by atoms with Gasteiger partial charge in [-0.3, -0.25) is 0 Å². The minimum Gasteiger partial charge on any atom is -0.338 e. The van der Waals surface area contributed by atoms with Crippen LogP contribution in [-0.2, 0) is 0 Å². The predicted molar refractivity (Wildman–Crippen MR) is 105 cm³/mol. The molecule has 0 amide bonds. The first kappa shape index (κ1) is 17.2. The summed E-state index contributed by atoms with van der Waals surface area (Å²) in [5.41, 5.74) is 2.34. The van der Waals surface area contributed by atoms with Gasteiger partial charge in [0.2, 0.25) is 5.95 Å². The van der Waals surface area contributed by atoms with Crippen molar-refractivity contribution in [3.63, 3.8) is 0 Å². The maximum absolute atomic E-state index is 4.98. The number of aryl methyl sites for hydroxylation is 1. The zero-order chi connectivity index (χ0) is 17.9. The monoisotopic (exact) mass is 352 g/mol. The second-order valence-corrected chi connectivity index (χ2v) is 7.53. The van der Waals surface area contributed by atoms with Crippen molar-refractivity contribution in [2.45, 2.75) is 51.5 Å². The molecule has 2 aromatic rings. The van der Waals surface area contributed by atoms with Gasteiger partial charge in [-0.05, 0) is 70.3 Å². The summed E-state index contributed by atoms with van der Waals surface area (Å²) >= 11 is 0. The van der Waals surface area contributed by atoms with Gasteiger partial charge in [0.1, 0.15) is 11.6 Å². The minimum atomic E-state index is 0.502. The van der Waals surface area contributed by atoms with Crippen LogP contribution >= 0.6 is 0 Å². The fourth-order valence-electron chi connectivity index (χ4n) is 3.94. The van der Waals surface area contributed by atoms with Crippen LogP contribution in [-0.4, -0.2) is 40.6 Å². The highest BCUT2D eigenvalue weighted by molar-refractivity contribution is 5.55. The summed E-state index contributed by atoms with van der Waals surface area (Å²) < 4.78 is 0. The van der Waals surface area contributed by atoms with Crippen LogP contribution in [0.5, 0.6) is 0 Å². The summed E-state index contributed by atoms with van der Waals surface area (Å²) in [6.07, 6.45) is 6.52. The highest BCUT2D eigenvalue weighted by Gasteiger charge is 2.25. The Labute approximate surface area is 155 Å². The third-order valence-corrected chi connectivity index (χ3v) is 5.47. The van der Waals surface area contributed by atoms with Gasteiger partial charge in [-0.2, -0.15) is 4.98 Å². The molecule has 6 heteroatoms. The molecule has 2 N–H and O–H groups in total. The molecule has 1 atom stereocenters. The lowest BCUT2D eigenvalue weighted by Gasteiger charge is -2.26. The van der Waals surface area contributed by atoms with E-state index >= 15 is 0 Å². The first-order valence-corrected chi connectivity index (χ1v) is 9.75. The number of nitrogens with one attached hydrogen (secondary N) is 2. The van der Waals surface area contributed by atoms with Crippen molar-refractivity contribution in [2.75, 3.05) is 29.9 Å². The fraction of sp³-hybridized carbons (Fsp3) is 0.550. The molecule has 2 fully saturated rings. The van der Waals surface area contributed by atoms with E-state index in [0.29, 0.717) is 12.0 Å². The highest BCUT2D eigenvalue weighted by atomic mass is 15.3. The molecule has 4 rings (SSSR count). The van der Waals surface area contributed by atoms with Crippen LogP contribution < -0.4 is 15.5 Å². The van der Waals surface area contributed by atoms with Gasteiger partial charge in [-0.1, -0.05) is 0 Å². The molecule has 138 valence electrons. The lowest BCUT2D eigenvalue weighted by atomic mass is 9.94. The van der Waals surface area contributed by atoms with Crippen LogP contribution in [0.3, 0.4) is 0 Å². The lowest BCUT2D eigenvalue weighted by molar-refractivity contribution is 0.452. The van der Waals surface area contributed by atoms with E-state index in [1.165, 1.54) is 18.4 Å². The second kappa shape index (κ2) is 7.58. The molecule has 1 unspecified atom stereocenters. The number of piperidine rings is 1. The lowest BCUT2D eigenvalue weighted by Crippen LogP contribution is -2.30. The average molecular weight is 352 g/mol. The summed E-state index contributed by atoms with van der Waals surface area (Å²) in [5, 5.41) is 6.84. The molecule has 2 saturated heterocycles. The number of nitrogens with zero attached hydrogens (tertiary/aromatic N) is 4. The normalized spacial score (nSPS) is 21.2. The molecule has 2 aliphatic heterocycles. The Morgan fingerprint density at radius 3 is 2.69 bits per heavy atom. The smallest absolute Gasteiger partial charge is 0.227 e. The van der Waals surface area contributed by atoms with E-state index in [2.05, 4.69) is 40.4 Å². The van der Waals surface area contributed by atoms with Crippen molar-refractivity contribution in [2.24, 2.45) is 0 Å². The zero-order valence-corrected chi connectivity index (χ0v) is 15.7. The Morgan fingerprint density at radius 2 is 1.96 bits per heavy atom. The van der Waals surface area contributed by atoms with Gasteiger partial charge in [-0.15, -0.1) is 0 Å². The van der Waals surface area contributed by atoms with Crippen molar-refractivity contribution < 1.29 is 0 Å². The molecule has 0 spiro atoms. The van der Waals surface area contributed by atoms with Crippen LogP contribution in [0, 0.1) is 6.92 Å². The highest BCUT2D eigenvalue weighted by Crippen LogP contribution is 2.30. The maximum Gasteiger partial charge on any atom is 0.227 e. The quantitative estimate of drug-likeness (QED) is 0.879. The van der Waals surface area contributed by atoms with Crippen LogP contribution in [0.1, 0.15) is 49.8 Å². The number of hydrogen-bond acceptors (Lipinski definition) is 6. The second-order valence-electron chi connectivity index (χ2n) is 7.53. The van der Waals surface area contributed by atoms with Crippen LogP contribution in [0.15, 0.2) is 24.4 Å². The van der Waals surface area contributed by atoms with Crippen LogP contribution in [0.25, 0.3) is 0 Å². The van der Waals surface area contributed by atoms with Gasteiger partial charge >= 0.3 is 0 Å². The Bertz CT molecular complexity index is 756. The van der Waals surface area contributed by atoms with Crippen LogP contribution in [0.4, 0.5) is 17.6 Å². The first-order chi connectivity index (χ1) is 12.7. The summed E-state index contributed by atoms with van der Waals surface area (Å²) in [4.78, 5) is 16.6. The molecule has 0 radical (unpaired) electrons. The Morgan fingerprint density at radius 1 is 1.12 bits per heavy atom. The summed E-state index contributed by atoms with van der Waals surface area (Å²) in [6, 6.07) is 6.67. The van der Waals surface area contributed by atoms with E-state index in [9.17, 15) is 0 Å². The van der Waals surface area contributed by atoms with E-state index in [0.717, 1.165) is 55.8 Å². The Balaban J connectivity index is 1.67. The van der Waals surface area contributed by atoms with Crippen molar-refractivity contribution in [1.82, 2.24) is 20.3 Å². The van der Waals surface area contributed by atoms with Crippen LogP contribution in [0.2, 0.25) is 0 Å². The van der Waals surface area contributed by atoms with Crippen molar-refractivity contribution >= 4 is 17.6 Å². The van der Waals surface area contributed by atoms with Gasteiger partial charge in [-0.25, -0.2) is 9.97 Å². The minimum absolute atomic E-state index is 0.502. The molecule has 2 aliphatic rings. The molecular weight excluding hydrogens is 324 g/mol. The molecule has 4 heterocycles. The largest absolute Gasteiger partial charge is 0.338 e. The molecule has 26 heavy (non-hydrogen) atoms. The summed E-state index contributed by atoms with van der Waals surface area (Å²) in [7, 11) is 0. The van der Waals surface area contributed by atoms with Crippen molar-refractivity contribution in [3.8, 4) is 0 Å². The van der Waals surface area contributed by atoms with E-state index in [1.807, 2.05) is 18.3 Å². The molecular formula is C20H28N6. The van der Waals surface area contributed by atoms with E-state index in [1.54, 1.807) is 0 Å². The van der Waals surface area contributed by atoms with Gasteiger partial charge in [0, 0.05) is 30.8 Å². The third-order valence-electron chi connectivity index (χ3n) is 5.47. The number of aromatic nitrogens is 3. The maximum atomic E-state index is 4.98. The van der Waals surface area contributed by atoms with Gasteiger partial charge in [0.05, 0.1) is 5.69 Å². The van der Waals surface area contributed by atoms with E-state index < -0.39 is 0 Å². The summed E-state index contributed by atoms with van der Waals surface area (Å²) in [6.45, 7) is 7.50. The molecule has 6 nitrogen and oxygen atoms in total. The molecule has 2 aromatic heterocycles. The van der Waals surface area contributed by atoms with E-state index in [-0.39, 0.29) is 0 Å². The molecule has 0 aromatic carbocycles. The number of pyridine rings is 1. The van der Waals surface area contributed by atoms with Gasteiger partial charge < -0.3 is 15.5 Å². The number of hydrogen-bond donors (Lipinski definition) is 2. The van der Waals surface area contributed by atoms with Crippen molar-refractivity contribution in [1.29, 1.82) is 0 Å². The summed E-state index contributed by atoms with van der Waals surface area (Å²) in [5.74, 6) is 3.05. The zero-order valence-electron chi connectivity index (χ0n) is 15.7. The third kappa shape index (κ3) is 3.80. The molecule has 0 bridgehead atoms. The van der Waals surface area contributed by atoms with Gasteiger partial charge in [0.15, 0.2) is 0 Å². The fourth-order valence-corrected chi connectivity index (χ4v) is 3.94.